The van der Waals surface area contributed by atoms with Crippen LogP contribution in [-0.2, 0) is 14.5 Å². The fraction of sp³-hybridized carbons (Fsp3) is 0.438. The first-order valence-electron chi connectivity index (χ1n) is 8.20. The minimum Gasteiger partial charge on any atom is -0.447 e. The minimum absolute atomic E-state index is 0.302. The van der Waals surface area contributed by atoms with Gasteiger partial charge in [0, 0.05) is 5.56 Å². The van der Waals surface area contributed by atoms with Crippen molar-refractivity contribution in [2.24, 2.45) is 5.92 Å². The Morgan fingerprint density at radius 2 is 2.04 bits per heavy atom. The number of carbonyl (C=O) groups excluding carboxylic acids is 3. The standard InChI is InChI=1S/C16H20N4O5S/c1-8(2)24-16(23)18-14(22)10-5-6-26-15(10)17-13(21)9-3-4-11-12(7-9)20-25-19-11/h3-4,7-8,10,15,19-20H,5-6H2,1-2H3,(H,17,21)(H,18,22,23). The molecule has 26 heavy (non-hydrogen) atoms. The number of thioether (sulfide) groups is 1. The highest BCUT2D eigenvalue weighted by atomic mass is 32.2. The van der Waals surface area contributed by atoms with E-state index >= 15 is 0 Å². The molecule has 9 nitrogen and oxygen atoms in total. The van der Waals surface area contributed by atoms with Crippen LogP contribution in [0.1, 0.15) is 30.6 Å². The molecular formula is C16H20N4O5S. The van der Waals surface area contributed by atoms with Crippen LogP contribution >= 0.6 is 11.8 Å². The maximum absolute atomic E-state index is 12.5. The second-order valence-electron chi connectivity index (χ2n) is 6.17. The number of hydrogen-bond acceptors (Lipinski definition) is 8. The third-order valence-electron chi connectivity index (χ3n) is 3.87. The molecule has 4 N–H and O–H groups in total. The van der Waals surface area contributed by atoms with Crippen LogP contribution in [-0.4, -0.2) is 35.1 Å². The summed E-state index contributed by atoms with van der Waals surface area (Å²) in [6.45, 7) is 3.40. The molecular weight excluding hydrogens is 360 g/mol. The molecule has 0 aliphatic carbocycles. The molecule has 1 aromatic carbocycles. The summed E-state index contributed by atoms with van der Waals surface area (Å²) in [6, 6.07) is 5.03. The van der Waals surface area contributed by atoms with E-state index in [1.54, 1.807) is 32.0 Å². The van der Waals surface area contributed by atoms with E-state index in [0.29, 0.717) is 23.4 Å². The van der Waals surface area contributed by atoms with Crippen molar-refractivity contribution in [3.05, 3.63) is 23.8 Å². The van der Waals surface area contributed by atoms with Crippen LogP contribution in [0.5, 0.6) is 0 Å². The highest BCUT2D eigenvalue weighted by Crippen LogP contribution is 2.32. The Kier molecular flexibility index (Phi) is 5.52. The van der Waals surface area contributed by atoms with Crippen molar-refractivity contribution in [2.75, 3.05) is 16.7 Å². The molecule has 2 unspecified atom stereocenters. The normalized spacial score (nSPS) is 20.7. The number of carbonyl (C=O) groups is 3. The largest absolute Gasteiger partial charge is 0.447 e. The zero-order valence-electron chi connectivity index (χ0n) is 14.3. The topological polar surface area (TPSA) is 118 Å². The van der Waals surface area contributed by atoms with Crippen LogP contribution < -0.4 is 21.6 Å². The van der Waals surface area contributed by atoms with E-state index < -0.39 is 23.3 Å². The van der Waals surface area contributed by atoms with Gasteiger partial charge in [-0.05, 0) is 44.2 Å². The molecule has 3 rings (SSSR count). The molecule has 10 heteroatoms. The van der Waals surface area contributed by atoms with Gasteiger partial charge in [-0.2, -0.15) is 4.94 Å². The molecule has 0 bridgehead atoms. The molecule has 140 valence electrons. The second-order valence-corrected chi connectivity index (χ2v) is 7.42. The number of hydrogen-bond donors (Lipinski definition) is 4. The number of benzene rings is 1. The third kappa shape index (κ3) is 4.20. The smallest absolute Gasteiger partial charge is 0.414 e. The predicted octanol–water partition coefficient (Wildman–Crippen LogP) is 1.84. The third-order valence-corrected chi connectivity index (χ3v) is 5.15. The summed E-state index contributed by atoms with van der Waals surface area (Å²) in [5.74, 6) is -0.532. The van der Waals surface area contributed by atoms with Crippen LogP contribution in [0.3, 0.4) is 0 Å². The first-order chi connectivity index (χ1) is 12.4. The summed E-state index contributed by atoms with van der Waals surface area (Å²) in [5, 5.41) is 4.67. The highest BCUT2D eigenvalue weighted by Gasteiger charge is 2.36. The molecule has 0 spiro atoms. The first kappa shape index (κ1) is 18.3. The molecule has 0 saturated carbocycles. The first-order valence-corrected chi connectivity index (χ1v) is 9.25. The Morgan fingerprint density at radius 1 is 1.27 bits per heavy atom. The molecule has 0 aromatic heterocycles. The van der Waals surface area contributed by atoms with Gasteiger partial charge in [-0.3, -0.25) is 14.9 Å². The van der Waals surface area contributed by atoms with Crippen molar-refractivity contribution in [1.29, 1.82) is 0 Å². The van der Waals surface area contributed by atoms with Crippen LogP contribution in [0.15, 0.2) is 18.2 Å². The van der Waals surface area contributed by atoms with Crippen molar-refractivity contribution < 1.29 is 24.1 Å². The average Bonchev–Trinajstić information content (AvgIpc) is 3.21. The number of amides is 3. The van der Waals surface area contributed by atoms with Gasteiger partial charge in [0.25, 0.3) is 5.91 Å². The molecule has 2 aliphatic heterocycles. The molecule has 2 aliphatic rings. The maximum Gasteiger partial charge on any atom is 0.414 e. The summed E-state index contributed by atoms with van der Waals surface area (Å²) < 4.78 is 4.92. The number of alkyl carbamates (subject to hydrolysis) is 1. The fourth-order valence-electron chi connectivity index (χ4n) is 2.64. The molecule has 1 aromatic rings. The van der Waals surface area contributed by atoms with E-state index in [4.69, 9.17) is 9.68 Å². The molecule has 1 saturated heterocycles. The van der Waals surface area contributed by atoms with Crippen LogP contribution in [0.2, 0.25) is 0 Å². The lowest BCUT2D eigenvalue weighted by Gasteiger charge is -2.19. The average molecular weight is 380 g/mol. The van der Waals surface area contributed by atoms with Gasteiger partial charge < -0.3 is 10.1 Å². The number of ether oxygens (including phenoxy) is 1. The summed E-state index contributed by atoms with van der Waals surface area (Å²) in [5.41, 5.74) is 7.12. The summed E-state index contributed by atoms with van der Waals surface area (Å²) in [6.07, 6.45) is -0.521. The van der Waals surface area contributed by atoms with Gasteiger partial charge in [-0.15, -0.1) is 11.8 Å². The quantitative estimate of drug-likeness (QED) is 0.625. The van der Waals surface area contributed by atoms with Gasteiger partial charge in [0.2, 0.25) is 5.91 Å². The van der Waals surface area contributed by atoms with Gasteiger partial charge in [0.05, 0.1) is 28.8 Å². The van der Waals surface area contributed by atoms with E-state index in [2.05, 4.69) is 21.6 Å². The van der Waals surface area contributed by atoms with Gasteiger partial charge in [0.1, 0.15) is 0 Å². The lowest BCUT2D eigenvalue weighted by molar-refractivity contribution is -0.124. The number of rotatable bonds is 4. The monoisotopic (exact) mass is 380 g/mol. The number of anilines is 2. The second kappa shape index (κ2) is 7.83. The van der Waals surface area contributed by atoms with Crippen molar-refractivity contribution in [1.82, 2.24) is 10.6 Å². The molecule has 2 heterocycles. The summed E-state index contributed by atoms with van der Waals surface area (Å²) in [7, 11) is 0. The van der Waals surface area contributed by atoms with E-state index in [1.165, 1.54) is 11.8 Å². The maximum atomic E-state index is 12.5. The number of fused-ring (bicyclic) bond motifs is 1. The van der Waals surface area contributed by atoms with Crippen LogP contribution in [0.4, 0.5) is 16.2 Å². The van der Waals surface area contributed by atoms with Crippen LogP contribution in [0.25, 0.3) is 0 Å². The zero-order chi connectivity index (χ0) is 18.7. The van der Waals surface area contributed by atoms with Crippen molar-refractivity contribution in [3.63, 3.8) is 0 Å². The minimum atomic E-state index is -0.774. The Hall–Kier alpha value is -2.46. The van der Waals surface area contributed by atoms with E-state index in [-0.39, 0.29) is 12.0 Å². The van der Waals surface area contributed by atoms with Crippen molar-refractivity contribution >= 4 is 41.0 Å². The van der Waals surface area contributed by atoms with E-state index in [0.717, 1.165) is 5.69 Å². The van der Waals surface area contributed by atoms with E-state index in [9.17, 15) is 14.4 Å². The van der Waals surface area contributed by atoms with Crippen molar-refractivity contribution in [2.45, 2.75) is 31.7 Å². The fourth-order valence-corrected chi connectivity index (χ4v) is 3.97. The van der Waals surface area contributed by atoms with Crippen molar-refractivity contribution in [3.8, 4) is 0 Å². The molecule has 3 amide bonds. The predicted molar refractivity (Wildman–Crippen MR) is 96.4 cm³/mol. The Bertz CT molecular complexity index is 727. The highest BCUT2D eigenvalue weighted by molar-refractivity contribution is 8.00. The van der Waals surface area contributed by atoms with Gasteiger partial charge in [-0.1, -0.05) is 0 Å². The Morgan fingerprint density at radius 3 is 2.81 bits per heavy atom. The van der Waals surface area contributed by atoms with Crippen LogP contribution in [0, 0.1) is 5.92 Å². The van der Waals surface area contributed by atoms with Gasteiger partial charge in [0.15, 0.2) is 0 Å². The van der Waals surface area contributed by atoms with E-state index in [1.807, 2.05) is 0 Å². The molecule has 1 fully saturated rings. The zero-order valence-corrected chi connectivity index (χ0v) is 15.1. The molecule has 2 atom stereocenters. The lowest BCUT2D eigenvalue weighted by atomic mass is 10.1. The number of imide groups is 1. The number of nitrogens with one attached hydrogen (secondary N) is 4. The Balaban J connectivity index is 1.60. The lowest BCUT2D eigenvalue weighted by Crippen LogP contribution is -2.44. The summed E-state index contributed by atoms with van der Waals surface area (Å²) in [4.78, 5) is 41.3. The van der Waals surface area contributed by atoms with Gasteiger partial charge in [-0.25, -0.2) is 15.8 Å². The summed E-state index contributed by atoms with van der Waals surface area (Å²) >= 11 is 1.47. The Labute approximate surface area is 154 Å². The SMILES string of the molecule is CC(C)OC(=O)NC(=O)C1CCSC1NC(=O)c1ccc2c(c1)NON2. The van der Waals surface area contributed by atoms with Gasteiger partial charge >= 0.3 is 6.09 Å². The molecule has 0 radical (unpaired) electrons.